The number of halogens is 1. The lowest BCUT2D eigenvalue weighted by Crippen LogP contribution is -2.24. The van der Waals surface area contributed by atoms with Crippen LogP contribution in [0.2, 0.25) is 0 Å². The van der Waals surface area contributed by atoms with E-state index in [2.05, 4.69) is 20.7 Å². The smallest absolute Gasteiger partial charge is 0.210 e. The highest BCUT2D eigenvalue weighted by atomic mass is 79.9. The first-order chi connectivity index (χ1) is 6.60. The molecule has 7 heteroatoms. The van der Waals surface area contributed by atoms with Gasteiger partial charge in [0, 0.05) is 11.9 Å². The molecule has 1 heterocycles. The summed E-state index contributed by atoms with van der Waals surface area (Å²) in [5.41, 5.74) is 0. The number of nitriles is 1. The zero-order chi connectivity index (χ0) is 10.6. The van der Waals surface area contributed by atoms with Gasteiger partial charge in [-0.25, -0.2) is 13.1 Å². The average Bonchev–Trinajstić information content (AvgIpc) is 2.63. The Morgan fingerprint density at radius 3 is 2.79 bits per heavy atom. The predicted molar refractivity (Wildman–Crippen MR) is 58.0 cm³/mol. The van der Waals surface area contributed by atoms with Crippen molar-refractivity contribution >= 4 is 37.3 Å². The van der Waals surface area contributed by atoms with Crippen LogP contribution in [0.25, 0.3) is 0 Å². The molecule has 14 heavy (non-hydrogen) atoms. The monoisotopic (exact) mass is 294 g/mol. The fourth-order valence-electron chi connectivity index (χ4n) is 0.769. The standard InChI is InChI=1S/C7H7BrN2O2S2/c8-3-4-10-14(11,12)7-2-1-6(5-9)13-7/h1-2,10H,3-4H2. The lowest BCUT2D eigenvalue weighted by atomic mass is 10.5. The van der Waals surface area contributed by atoms with E-state index in [0.29, 0.717) is 16.8 Å². The lowest BCUT2D eigenvalue weighted by Gasteiger charge is -2.00. The molecule has 0 radical (unpaired) electrons. The van der Waals surface area contributed by atoms with Crippen molar-refractivity contribution in [2.45, 2.75) is 4.21 Å². The van der Waals surface area contributed by atoms with Crippen molar-refractivity contribution in [1.82, 2.24) is 4.72 Å². The second kappa shape index (κ2) is 4.89. The third-order valence-corrected chi connectivity index (χ3v) is 4.68. The Bertz CT molecular complexity index is 447. The molecule has 0 fully saturated rings. The van der Waals surface area contributed by atoms with Crippen LogP contribution in [-0.4, -0.2) is 20.3 Å². The van der Waals surface area contributed by atoms with E-state index in [0.717, 1.165) is 11.3 Å². The number of hydrogen-bond donors (Lipinski definition) is 1. The topological polar surface area (TPSA) is 70.0 Å². The number of nitrogens with zero attached hydrogens (tertiary/aromatic N) is 1. The van der Waals surface area contributed by atoms with Crippen LogP contribution >= 0.6 is 27.3 Å². The van der Waals surface area contributed by atoms with Gasteiger partial charge in [0.1, 0.15) is 15.2 Å². The molecular formula is C7H7BrN2O2S2. The van der Waals surface area contributed by atoms with Crippen LogP contribution in [0.1, 0.15) is 4.88 Å². The second-order valence-electron chi connectivity index (χ2n) is 2.32. The molecule has 1 N–H and O–H groups in total. The van der Waals surface area contributed by atoms with E-state index in [-0.39, 0.29) is 4.21 Å². The molecule has 0 aliphatic heterocycles. The van der Waals surface area contributed by atoms with E-state index in [1.54, 1.807) is 0 Å². The molecule has 1 rings (SSSR count). The van der Waals surface area contributed by atoms with Crippen LogP contribution in [0.4, 0.5) is 0 Å². The first-order valence-electron chi connectivity index (χ1n) is 3.65. The van der Waals surface area contributed by atoms with Gasteiger partial charge in [-0.15, -0.1) is 11.3 Å². The largest absolute Gasteiger partial charge is 0.250 e. The number of alkyl halides is 1. The molecule has 76 valence electrons. The minimum absolute atomic E-state index is 0.176. The number of sulfonamides is 1. The van der Waals surface area contributed by atoms with Gasteiger partial charge in [0.05, 0.1) is 0 Å². The van der Waals surface area contributed by atoms with Crippen molar-refractivity contribution in [2.24, 2.45) is 0 Å². The molecule has 0 aromatic carbocycles. The fraction of sp³-hybridized carbons (Fsp3) is 0.286. The van der Waals surface area contributed by atoms with Crippen LogP contribution in [0.5, 0.6) is 0 Å². The molecule has 0 unspecified atom stereocenters. The molecular weight excluding hydrogens is 288 g/mol. The normalized spacial score (nSPS) is 11.1. The quantitative estimate of drug-likeness (QED) is 0.851. The summed E-state index contributed by atoms with van der Waals surface area (Å²) in [5.74, 6) is 0. The molecule has 0 aliphatic rings. The fourth-order valence-corrected chi connectivity index (χ4v) is 3.41. The summed E-state index contributed by atoms with van der Waals surface area (Å²) >= 11 is 4.08. The Morgan fingerprint density at radius 1 is 1.57 bits per heavy atom. The summed E-state index contributed by atoms with van der Waals surface area (Å²) in [6.45, 7) is 0.335. The van der Waals surface area contributed by atoms with Gasteiger partial charge in [-0.1, -0.05) is 15.9 Å². The molecule has 0 amide bonds. The van der Waals surface area contributed by atoms with Gasteiger partial charge in [0.15, 0.2) is 0 Å². The Morgan fingerprint density at radius 2 is 2.29 bits per heavy atom. The highest BCUT2D eigenvalue weighted by Crippen LogP contribution is 2.20. The van der Waals surface area contributed by atoms with E-state index in [9.17, 15) is 8.42 Å². The van der Waals surface area contributed by atoms with Gasteiger partial charge < -0.3 is 0 Å². The molecule has 0 atom stereocenters. The molecule has 0 saturated heterocycles. The molecule has 4 nitrogen and oxygen atoms in total. The van der Waals surface area contributed by atoms with Crippen molar-refractivity contribution in [1.29, 1.82) is 5.26 Å². The molecule has 0 bridgehead atoms. The maximum atomic E-state index is 11.5. The highest BCUT2D eigenvalue weighted by Gasteiger charge is 2.15. The van der Waals surface area contributed by atoms with Gasteiger partial charge in [-0.2, -0.15) is 5.26 Å². The summed E-state index contributed by atoms with van der Waals surface area (Å²) in [4.78, 5) is 0.393. The Labute approximate surface area is 94.7 Å². The second-order valence-corrected chi connectivity index (χ2v) is 6.19. The minimum atomic E-state index is -3.42. The summed E-state index contributed by atoms with van der Waals surface area (Å²) in [5, 5.41) is 9.09. The maximum Gasteiger partial charge on any atom is 0.250 e. The lowest BCUT2D eigenvalue weighted by molar-refractivity contribution is 0.586. The summed E-state index contributed by atoms with van der Waals surface area (Å²) in [7, 11) is -3.42. The number of rotatable bonds is 4. The Kier molecular flexibility index (Phi) is 4.07. The summed E-state index contributed by atoms with van der Waals surface area (Å²) < 4.78 is 25.5. The molecule has 0 aliphatic carbocycles. The third-order valence-electron chi connectivity index (χ3n) is 1.34. The van der Waals surface area contributed by atoms with Crippen LogP contribution in [0.3, 0.4) is 0 Å². The summed E-state index contributed by atoms with van der Waals surface area (Å²) in [6.07, 6.45) is 0. The van der Waals surface area contributed by atoms with Gasteiger partial charge in [0.25, 0.3) is 0 Å². The minimum Gasteiger partial charge on any atom is -0.210 e. The Balaban J connectivity index is 2.88. The highest BCUT2D eigenvalue weighted by molar-refractivity contribution is 9.09. The van der Waals surface area contributed by atoms with Crippen LogP contribution < -0.4 is 4.72 Å². The average molecular weight is 295 g/mol. The van der Waals surface area contributed by atoms with Crippen molar-refractivity contribution in [3.8, 4) is 6.07 Å². The number of nitrogens with one attached hydrogen (secondary N) is 1. The first-order valence-corrected chi connectivity index (χ1v) is 7.08. The number of hydrogen-bond acceptors (Lipinski definition) is 4. The molecule has 1 aromatic rings. The van der Waals surface area contributed by atoms with Gasteiger partial charge in [-0.05, 0) is 12.1 Å². The van der Waals surface area contributed by atoms with E-state index < -0.39 is 10.0 Å². The molecule has 0 spiro atoms. The van der Waals surface area contributed by atoms with E-state index in [1.807, 2.05) is 6.07 Å². The van der Waals surface area contributed by atoms with Crippen molar-refractivity contribution in [3.63, 3.8) is 0 Å². The summed E-state index contributed by atoms with van der Waals surface area (Å²) in [6, 6.07) is 4.82. The van der Waals surface area contributed by atoms with Crippen LogP contribution in [0.15, 0.2) is 16.3 Å². The SMILES string of the molecule is N#Cc1ccc(S(=O)(=O)NCCBr)s1. The predicted octanol–water partition coefficient (Wildman–Crippen LogP) is 1.29. The van der Waals surface area contributed by atoms with E-state index in [4.69, 9.17) is 5.26 Å². The first kappa shape index (κ1) is 11.7. The Hall–Kier alpha value is -0.420. The molecule has 0 saturated carbocycles. The van der Waals surface area contributed by atoms with Gasteiger partial charge in [-0.3, -0.25) is 0 Å². The zero-order valence-corrected chi connectivity index (χ0v) is 10.2. The van der Waals surface area contributed by atoms with Crippen LogP contribution in [0, 0.1) is 11.3 Å². The van der Waals surface area contributed by atoms with Gasteiger partial charge >= 0.3 is 0 Å². The molecule has 1 aromatic heterocycles. The van der Waals surface area contributed by atoms with E-state index >= 15 is 0 Å². The van der Waals surface area contributed by atoms with E-state index in [1.165, 1.54) is 12.1 Å². The number of thiophene rings is 1. The maximum absolute atomic E-state index is 11.5. The van der Waals surface area contributed by atoms with Crippen molar-refractivity contribution in [3.05, 3.63) is 17.0 Å². The zero-order valence-electron chi connectivity index (χ0n) is 7.03. The van der Waals surface area contributed by atoms with Crippen LogP contribution in [-0.2, 0) is 10.0 Å². The third kappa shape index (κ3) is 2.78. The van der Waals surface area contributed by atoms with Gasteiger partial charge in [0.2, 0.25) is 10.0 Å². The van der Waals surface area contributed by atoms with Crippen molar-refractivity contribution < 1.29 is 8.42 Å². The van der Waals surface area contributed by atoms with Crippen molar-refractivity contribution in [2.75, 3.05) is 11.9 Å².